The van der Waals surface area contributed by atoms with Gasteiger partial charge in [-0.1, -0.05) is 45.0 Å². The summed E-state index contributed by atoms with van der Waals surface area (Å²) < 4.78 is 47.9. The summed E-state index contributed by atoms with van der Waals surface area (Å²) >= 11 is 0. The molecule has 0 N–H and O–H groups in total. The van der Waals surface area contributed by atoms with E-state index in [1.807, 2.05) is 0 Å². The molecule has 4 nitrogen and oxygen atoms in total. The smallest absolute Gasteiger partial charge is 0.449 e. The van der Waals surface area contributed by atoms with E-state index < -0.39 is 12.0 Å². The van der Waals surface area contributed by atoms with Gasteiger partial charge in [-0.25, -0.2) is 4.98 Å². The second kappa shape index (κ2) is 9.55. The van der Waals surface area contributed by atoms with E-state index in [1.54, 1.807) is 18.2 Å². The number of hydrogen-bond donors (Lipinski definition) is 0. The van der Waals surface area contributed by atoms with Crippen molar-refractivity contribution in [2.75, 3.05) is 20.2 Å². The zero-order valence-corrected chi connectivity index (χ0v) is 20.3. The molecule has 0 aliphatic carbocycles. The molecule has 0 bridgehead atoms. The third-order valence-electron chi connectivity index (χ3n) is 6.30. The number of ether oxygens (including phenoxy) is 1. The van der Waals surface area contributed by atoms with E-state index in [-0.39, 0.29) is 23.9 Å². The zero-order valence-electron chi connectivity index (χ0n) is 19.4. The Morgan fingerprint density at radius 3 is 2.18 bits per heavy atom. The lowest BCUT2D eigenvalue weighted by Gasteiger charge is -2.34. The van der Waals surface area contributed by atoms with E-state index in [2.05, 4.69) is 54.9 Å². The Labute approximate surface area is 199 Å². The van der Waals surface area contributed by atoms with Crippen molar-refractivity contribution >= 4 is 23.4 Å². The maximum atomic E-state index is 13.8. The summed E-state index contributed by atoms with van der Waals surface area (Å²) in [6.07, 6.45) is -3.19. The molecule has 0 atom stereocenters. The van der Waals surface area contributed by atoms with Gasteiger partial charge in [0.2, 0.25) is 5.82 Å². The van der Waals surface area contributed by atoms with Crippen molar-refractivity contribution in [2.24, 2.45) is 0 Å². The normalized spacial score (nSPS) is 16.1. The van der Waals surface area contributed by atoms with Gasteiger partial charge < -0.3 is 9.30 Å². The van der Waals surface area contributed by atoms with Crippen molar-refractivity contribution in [3.05, 3.63) is 59.4 Å². The fourth-order valence-corrected chi connectivity index (χ4v) is 4.48. The average Bonchev–Trinajstić information content (AvgIpc) is 3.13. The van der Waals surface area contributed by atoms with Crippen LogP contribution < -0.4 is 4.74 Å². The highest BCUT2D eigenvalue weighted by atomic mass is 35.5. The summed E-state index contributed by atoms with van der Waals surface area (Å²) in [4.78, 5) is 6.24. The van der Waals surface area contributed by atoms with Crippen LogP contribution in [0.15, 0.2) is 42.5 Å². The molecule has 1 aromatic heterocycles. The van der Waals surface area contributed by atoms with Crippen LogP contribution in [0.5, 0.6) is 5.75 Å². The largest absolute Gasteiger partial charge is 0.497 e. The summed E-state index contributed by atoms with van der Waals surface area (Å²) in [6, 6.07) is 13.4. The van der Waals surface area contributed by atoms with Crippen molar-refractivity contribution in [1.29, 1.82) is 0 Å². The predicted molar refractivity (Wildman–Crippen MR) is 127 cm³/mol. The Hall–Kier alpha value is -2.25. The van der Waals surface area contributed by atoms with Gasteiger partial charge in [0.15, 0.2) is 0 Å². The molecule has 8 heteroatoms. The first-order valence-corrected chi connectivity index (χ1v) is 11.0. The molecular weight excluding hydrogens is 451 g/mol. The first kappa shape index (κ1) is 25.4. The highest BCUT2D eigenvalue weighted by Crippen LogP contribution is 2.37. The molecule has 0 radical (unpaired) electrons. The molecule has 4 rings (SSSR count). The van der Waals surface area contributed by atoms with E-state index in [4.69, 9.17) is 4.74 Å². The molecule has 0 spiro atoms. The summed E-state index contributed by atoms with van der Waals surface area (Å²) in [5.41, 5.74) is 3.47. The quantitative estimate of drug-likeness (QED) is 0.419. The van der Waals surface area contributed by atoms with Crippen LogP contribution in [-0.2, 0) is 18.1 Å². The molecule has 2 heterocycles. The minimum absolute atomic E-state index is 0. The molecule has 1 fully saturated rings. The molecule has 1 aliphatic rings. The second-order valence-corrected chi connectivity index (χ2v) is 9.61. The van der Waals surface area contributed by atoms with Gasteiger partial charge in [0, 0.05) is 31.7 Å². The monoisotopic (exact) mass is 481 g/mol. The van der Waals surface area contributed by atoms with Crippen LogP contribution in [0.25, 0.3) is 11.0 Å². The fraction of sp³-hybridized carbons (Fsp3) is 0.480. The van der Waals surface area contributed by atoms with Crippen molar-refractivity contribution in [1.82, 2.24) is 14.5 Å². The molecule has 1 aliphatic heterocycles. The van der Waals surface area contributed by atoms with Crippen LogP contribution in [0.1, 0.15) is 56.6 Å². The Morgan fingerprint density at radius 2 is 1.64 bits per heavy atom. The van der Waals surface area contributed by atoms with E-state index in [0.29, 0.717) is 29.6 Å². The number of hydrogen-bond acceptors (Lipinski definition) is 3. The first-order chi connectivity index (χ1) is 15.1. The number of piperidine rings is 1. The topological polar surface area (TPSA) is 30.3 Å². The second-order valence-electron chi connectivity index (χ2n) is 9.61. The maximum Gasteiger partial charge on any atom is 0.449 e. The van der Waals surface area contributed by atoms with Gasteiger partial charge in [0.25, 0.3) is 0 Å². The highest BCUT2D eigenvalue weighted by molar-refractivity contribution is 5.85. The number of fused-ring (bicyclic) bond motifs is 1. The van der Waals surface area contributed by atoms with Gasteiger partial charge in [-0.15, -0.1) is 12.4 Å². The SMILES string of the molecule is COc1ccc2c(c1)nc(C(F)(F)F)n2C1CCN(Cc2ccc(C(C)(C)C)cc2)CC1.Cl. The van der Waals surface area contributed by atoms with Crippen molar-refractivity contribution in [2.45, 2.75) is 57.8 Å². The van der Waals surface area contributed by atoms with Crippen molar-refractivity contribution in [3.8, 4) is 5.75 Å². The Kier molecular flexibility index (Phi) is 7.34. The van der Waals surface area contributed by atoms with E-state index >= 15 is 0 Å². The van der Waals surface area contributed by atoms with Crippen LogP contribution in [-0.4, -0.2) is 34.7 Å². The van der Waals surface area contributed by atoms with Gasteiger partial charge in [-0.05, 0) is 41.5 Å². The Balaban J connectivity index is 0.00000306. The van der Waals surface area contributed by atoms with Gasteiger partial charge in [0.1, 0.15) is 5.75 Å². The van der Waals surface area contributed by atoms with Crippen LogP contribution in [0.3, 0.4) is 0 Å². The van der Waals surface area contributed by atoms with Crippen LogP contribution in [0.2, 0.25) is 0 Å². The van der Waals surface area contributed by atoms with E-state index in [0.717, 1.165) is 19.6 Å². The summed E-state index contributed by atoms with van der Waals surface area (Å²) in [5, 5.41) is 0. The number of likely N-dealkylation sites (tertiary alicyclic amines) is 1. The standard InChI is InChI=1S/C25H30F3N3O.ClH/c1-24(2,3)18-7-5-17(6-8-18)16-30-13-11-19(12-14-30)31-22-10-9-20(32-4)15-21(22)29-23(31)25(26,27)28;/h5-10,15,19H,11-14,16H2,1-4H3;1H. The molecule has 1 saturated heterocycles. The van der Waals surface area contributed by atoms with Crippen LogP contribution in [0, 0.1) is 0 Å². The zero-order chi connectivity index (χ0) is 23.1. The number of rotatable bonds is 4. The minimum Gasteiger partial charge on any atom is -0.497 e. The number of halogens is 4. The molecule has 3 aromatic rings. The van der Waals surface area contributed by atoms with Gasteiger partial charge >= 0.3 is 6.18 Å². The third-order valence-corrected chi connectivity index (χ3v) is 6.30. The van der Waals surface area contributed by atoms with Gasteiger partial charge in [-0.2, -0.15) is 13.2 Å². The van der Waals surface area contributed by atoms with Crippen molar-refractivity contribution < 1.29 is 17.9 Å². The number of benzene rings is 2. The third kappa shape index (κ3) is 5.46. The number of imidazole rings is 1. The lowest BCUT2D eigenvalue weighted by Crippen LogP contribution is -2.35. The average molecular weight is 482 g/mol. The van der Waals surface area contributed by atoms with Crippen molar-refractivity contribution in [3.63, 3.8) is 0 Å². The summed E-state index contributed by atoms with van der Waals surface area (Å²) in [6.45, 7) is 8.89. The number of alkyl halides is 3. The molecule has 2 aromatic carbocycles. The predicted octanol–water partition coefficient (Wildman–Crippen LogP) is 6.62. The highest BCUT2D eigenvalue weighted by Gasteiger charge is 2.40. The Morgan fingerprint density at radius 1 is 1.00 bits per heavy atom. The summed E-state index contributed by atoms with van der Waals surface area (Å²) in [5.74, 6) is -0.319. The lowest BCUT2D eigenvalue weighted by molar-refractivity contribution is -0.148. The molecular formula is C25H31ClF3N3O. The molecule has 0 saturated carbocycles. The molecule has 0 amide bonds. The van der Waals surface area contributed by atoms with E-state index in [1.165, 1.54) is 22.8 Å². The van der Waals surface area contributed by atoms with Gasteiger partial charge in [0.05, 0.1) is 18.1 Å². The lowest BCUT2D eigenvalue weighted by atomic mass is 9.86. The van der Waals surface area contributed by atoms with E-state index in [9.17, 15) is 13.2 Å². The van der Waals surface area contributed by atoms with Gasteiger partial charge in [-0.3, -0.25) is 4.90 Å². The van der Waals surface area contributed by atoms with Crippen LogP contribution in [0.4, 0.5) is 13.2 Å². The summed E-state index contributed by atoms with van der Waals surface area (Å²) in [7, 11) is 1.50. The van der Waals surface area contributed by atoms with Crippen LogP contribution >= 0.6 is 12.4 Å². The number of nitrogens with zero attached hydrogens (tertiary/aromatic N) is 3. The maximum absolute atomic E-state index is 13.8. The molecule has 33 heavy (non-hydrogen) atoms. The Bertz CT molecular complexity index is 1080. The molecule has 0 unspecified atom stereocenters. The number of methoxy groups -OCH3 is 1. The fourth-order valence-electron chi connectivity index (χ4n) is 4.48. The molecule has 180 valence electrons. The first-order valence-electron chi connectivity index (χ1n) is 11.0. The number of aromatic nitrogens is 2. The minimum atomic E-state index is -4.50.